The van der Waals surface area contributed by atoms with Gasteiger partial charge in [0.05, 0.1) is 5.75 Å². The third kappa shape index (κ3) is 6.52. The second-order valence-electron chi connectivity index (χ2n) is 6.09. The van der Waals surface area contributed by atoms with Crippen molar-refractivity contribution >= 4 is 10.0 Å². The predicted octanol–water partition coefficient (Wildman–Crippen LogP) is 1.11. The first-order chi connectivity index (χ1) is 9.45. The van der Waals surface area contributed by atoms with Crippen LogP contribution in [-0.2, 0) is 10.0 Å². The fourth-order valence-electron chi connectivity index (χ4n) is 2.40. The van der Waals surface area contributed by atoms with E-state index in [1.807, 2.05) is 0 Å². The molecule has 0 spiro atoms. The molecule has 20 heavy (non-hydrogen) atoms. The highest BCUT2D eigenvalue weighted by Gasteiger charge is 2.26. The molecule has 0 unspecified atom stereocenters. The Morgan fingerprint density at radius 2 is 1.70 bits per heavy atom. The number of hydrogen-bond acceptors (Lipinski definition) is 4. The Bertz CT molecular complexity index is 349. The van der Waals surface area contributed by atoms with Gasteiger partial charge in [0.2, 0.25) is 10.0 Å². The van der Waals surface area contributed by atoms with Crippen LogP contribution in [-0.4, -0.2) is 62.6 Å². The maximum absolute atomic E-state index is 12.2. The molecule has 0 atom stereocenters. The van der Waals surface area contributed by atoms with E-state index in [-0.39, 0.29) is 0 Å². The maximum Gasteiger partial charge on any atom is 0.214 e. The molecule has 1 aliphatic heterocycles. The van der Waals surface area contributed by atoms with Gasteiger partial charge in [0.1, 0.15) is 0 Å². The van der Waals surface area contributed by atoms with Gasteiger partial charge in [-0.05, 0) is 38.3 Å². The van der Waals surface area contributed by atoms with Crippen molar-refractivity contribution in [1.29, 1.82) is 0 Å². The summed E-state index contributed by atoms with van der Waals surface area (Å²) in [5, 5.41) is 0. The maximum atomic E-state index is 12.2. The third-order valence-corrected chi connectivity index (χ3v) is 5.76. The van der Waals surface area contributed by atoms with Crippen LogP contribution in [0.25, 0.3) is 0 Å². The van der Waals surface area contributed by atoms with Crippen LogP contribution < -0.4 is 5.73 Å². The van der Waals surface area contributed by atoms with Gasteiger partial charge in [0.25, 0.3) is 0 Å². The number of hydrogen-bond donors (Lipinski definition) is 1. The molecule has 0 radical (unpaired) electrons. The fraction of sp³-hybridized carbons (Fsp3) is 1.00. The Balaban J connectivity index is 2.27. The van der Waals surface area contributed by atoms with Crippen molar-refractivity contribution in [3.05, 3.63) is 0 Å². The highest BCUT2D eigenvalue weighted by molar-refractivity contribution is 7.89. The molecule has 120 valence electrons. The highest BCUT2D eigenvalue weighted by atomic mass is 32.2. The Morgan fingerprint density at radius 3 is 2.25 bits per heavy atom. The molecule has 0 aromatic heterocycles. The van der Waals surface area contributed by atoms with Gasteiger partial charge in [-0.3, -0.25) is 0 Å². The normalized spacial score (nSPS) is 18.8. The van der Waals surface area contributed by atoms with E-state index in [4.69, 9.17) is 5.73 Å². The first-order valence-corrected chi connectivity index (χ1v) is 9.47. The molecule has 1 heterocycles. The summed E-state index contributed by atoms with van der Waals surface area (Å²) in [6, 6.07) is 0. The van der Waals surface area contributed by atoms with Gasteiger partial charge in [0.15, 0.2) is 0 Å². The van der Waals surface area contributed by atoms with Gasteiger partial charge in [-0.1, -0.05) is 20.3 Å². The minimum atomic E-state index is -3.04. The van der Waals surface area contributed by atoms with Crippen LogP contribution in [0.4, 0.5) is 0 Å². The molecule has 2 N–H and O–H groups in total. The van der Waals surface area contributed by atoms with E-state index in [1.54, 1.807) is 4.31 Å². The lowest BCUT2D eigenvalue weighted by atomic mass is 10.2. The van der Waals surface area contributed by atoms with Gasteiger partial charge in [-0.15, -0.1) is 0 Å². The predicted molar refractivity (Wildman–Crippen MR) is 84.2 cm³/mol. The number of sulfonamides is 1. The van der Waals surface area contributed by atoms with Gasteiger partial charge in [-0.25, -0.2) is 8.42 Å². The molecule has 0 amide bonds. The number of nitrogens with two attached hydrogens (primary N) is 1. The van der Waals surface area contributed by atoms with Crippen molar-refractivity contribution in [2.24, 2.45) is 11.7 Å². The summed E-state index contributed by atoms with van der Waals surface area (Å²) in [6.45, 7) is 8.99. The molecule has 0 aromatic carbocycles. The van der Waals surface area contributed by atoms with Crippen LogP contribution in [0.3, 0.4) is 0 Å². The molecule has 5 nitrogen and oxygen atoms in total. The molecule has 0 bridgehead atoms. The average molecular weight is 305 g/mol. The zero-order valence-corrected chi connectivity index (χ0v) is 13.9. The molecule has 0 saturated carbocycles. The minimum Gasteiger partial charge on any atom is -0.330 e. The lowest BCUT2D eigenvalue weighted by molar-refractivity contribution is 0.185. The molecule has 1 rings (SSSR count). The van der Waals surface area contributed by atoms with Crippen LogP contribution in [0.2, 0.25) is 0 Å². The molecule has 0 aliphatic carbocycles. The summed E-state index contributed by atoms with van der Waals surface area (Å²) < 4.78 is 26.1. The summed E-state index contributed by atoms with van der Waals surface area (Å²) in [5.74, 6) is 0.731. The number of unbranched alkanes of at least 4 members (excludes halogenated alkanes) is 2. The van der Waals surface area contributed by atoms with Gasteiger partial charge in [-0.2, -0.15) is 4.31 Å². The molecule has 1 aliphatic rings. The van der Waals surface area contributed by atoms with E-state index in [1.165, 1.54) is 6.42 Å². The molecular weight excluding hydrogens is 274 g/mol. The van der Waals surface area contributed by atoms with E-state index in [0.717, 1.165) is 45.4 Å². The number of nitrogens with zero attached hydrogens (tertiary/aromatic N) is 2. The zero-order valence-electron chi connectivity index (χ0n) is 13.1. The first-order valence-electron chi connectivity index (χ1n) is 7.86. The van der Waals surface area contributed by atoms with Gasteiger partial charge in [0, 0.05) is 26.2 Å². The van der Waals surface area contributed by atoms with Crippen molar-refractivity contribution in [1.82, 2.24) is 9.21 Å². The molecule has 1 fully saturated rings. The lowest BCUT2D eigenvalue weighted by Crippen LogP contribution is -2.49. The number of rotatable bonds is 9. The minimum absolute atomic E-state index is 0.293. The summed E-state index contributed by atoms with van der Waals surface area (Å²) in [6.07, 6.45) is 4.17. The Hall–Kier alpha value is -0.170. The summed E-state index contributed by atoms with van der Waals surface area (Å²) in [5.41, 5.74) is 5.48. The van der Waals surface area contributed by atoms with Crippen molar-refractivity contribution in [2.45, 2.75) is 39.5 Å². The van der Waals surface area contributed by atoms with Gasteiger partial charge >= 0.3 is 0 Å². The van der Waals surface area contributed by atoms with Crippen LogP contribution in [0.1, 0.15) is 39.5 Å². The molecular formula is C14H31N3O2S. The van der Waals surface area contributed by atoms with E-state index in [0.29, 0.717) is 24.8 Å². The summed E-state index contributed by atoms with van der Waals surface area (Å²) in [4.78, 5) is 2.37. The SMILES string of the molecule is CC(C)CCS(=O)(=O)N1CCN(CCCCCN)CC1. The molecule has 6 heteroatoms. The number of piperazine rings is 1. The second-order valence-corrected chi connectivity index (χ2v) is 8.18. The van der Waals surface area contributed by atoms with Crippen LogP contribution in [0, 0.1) is 5.92 Å². The van der Waals surface area contributed by atoms with E-state index in [2.05, 4.69) is 18.7 Å². The highest BCUT2D eigenvalue weighted by Crippen LogP contribution is 2.12. The van der Waals surface area contributed by atoms with Crippen molar-refractivity contribution < 1.29 is 8.42 Å². The Morgan fingerprint density at radius 1 is 1.05 bits per heavy atom. The monoisotopic (exact) mass is 305 g/mol. The van der Waals surface area contributed by atoms with Crippen LogP contribution >= 0.6 is 0 Å². The van der Waals surface area contributed by atoms with Crippen LogP contribution in [0.15, 0.2) is 0 Å². The van der Waals surface area contributed by atoms with Crippen molar-refractivity contribution in [3.63, 3.8) is 0 Å². The third-order valence-electron chi connectivity index (χ3n) is 3.86. The summed E-state index contributed by atoms with van der Waals surface area (Å²) >= 11 is 0. The lowest BCUT2D eigenvalue weighted by Gasteiger charge is -2.34. The largest absolute Gasteiger partial charge is 0.330 e. The average Bonchev–Trinajstić information content (AvgIpc) is 2.42. The fourth-order valence-corrected chi connectivity index (χ4v) is 4.15. The molecule has 0 aromatic rings. The van der Waals surface area contributed by atoms with Crippen molar-refractivity contribution in [3.8, 4) is 0 Å². The van der Waals surface area contributed by atoms with Crippen molar-refractivity contribution in [2.75, 3.05) is 45.0 Å². The van der Waals surface area contributed by atoms with Gasteiger partial charge < -0.3 is 10.6 Å². The standard InChI is InChI=1S/C14H31N3O2S/c1-14(2)6-13-20(18,19)17-11-9-16(10-12-17)8-5-3-4-7-15/h14H,3-13,15H2,1-2H3. The Kier molecular flexibility index (Phi) is 8.02. The summed E-state index contributed by atoms with van der Waals surface area (Å²) in [7, 11) is -3.04. The van der Waals surface area contributed by atoms with Crippen LogP contribution in [0.5, 0.6) is 0 Å². The quantitative estimate of drug-likeness (QED) is 0.648. The van der Waals surface area contributed by atoms with E-state index >= 15 is 0 Å². The first kappa shape index (κ1) is 17.9. The van der Waals surface area contributed by atoms with E-state index in [9.17, 15) is 8.42 Å². The topological polar surface area (TPSA) is 66.6 Å². The second kappa shape index (κ2) is 8.97. The van der Waals surface area contributed by atoms with E-state index < -0.39 is 10.0 Å². The Labute approximate surface area is 124 Å². The zero-order chi connectivity index (χ0) is 15.0. The molecule has 1 saturated heterocycles. The smallest absolute Gasteiger partial charge is 0.214 e.